The number of nitrogens with zero attached hydrogens (tertiary/aromatic N) is 4. The van der Waals surface area contributed by atoms with Crippen LogP contribution in [0.5, 0.6) is 0 Å². The quantitative estimate of drug-likeness (QED) is 0.529. The van der Waals surface area contributed by atoms with Gasteiger partial charge in [-0.15, -0.1) is 0 Å². The number of aromatic nitrogens is 2. The van der Waals surface area contributed by atoms with E-state index in [2.05, 4.69) is 15.3 Å². The zero-order chi connectivity index (χ0) is 14.7. The van der Waals surface area contributed by atoms with Gasteiger partial charge in [0.1, 0.15) is 12.4 Å². The summed E-state index contributed by atoms with van der Waals surface area (Å²) >= 11 is 5.70. The second-order valence-electron chi connectivity index (χ2n) is 3.85. The summed E-state index contributed by atoms with van der Waals surface area (Å²) in [6.07, 6.45) is 1.11. The van der Waals surface area contributed by atoms with Gasteiger partial charge in [0.25, 0.3) is 0 Å². The first-order valence-electron chi connectivity index (χ1n) is 5.46. The van der Waals surface area contributed by atoms with Crippen molar-refractivity contribution in [1.29, 1.82) is 5.26 Å². The van der Waals surface area contributed by atoms with Crippen LogP contribution in [-0.2, 0) is 0 Å². The number of halogens is 1. The molecule has 2 rings (SSSR count). The Morgan fingerprint density at radius 3 is 2.85 bits per heavy atom. The molecule has 0 saturated carbocycles. The molecule has 0 amide bonds. The van der Waals surface area contributed by atoms with Crippen molar-refractivity contribution < 1.29 is 4.92 Å². The van der Waals surface area contributed by atoms with Gasteiger partial charge in [-0.2, -0.15) is 5.26 Å². The Bertz CT molecular complexity index is 726. The summed E-state index contributed by atoms with van der Waals surface area (Å²) in [5.41, 5.74) is 1.13. The van der Waals surface area contributed by atoms with E-state index in [4.69, 9.17) is 16.9 Å². The van der Waals surface area contributed by atoms with Crippen LogP contribution in [0.25, 0.3) is 0 Å². The van der Waals surface area contributed by atoms with Gasteiger partial charge in [-0.1, -0.05) is 23.7 Å². The zero-order valence-electron chi connectivity index (χ0n) is 10.3. The molecule has 0 spiro atoms. The van der Waals surface area contributed by atoms with Crippen molar-refractivity contribution in [3.8, 4) is 6.07 Å². The summed E-state index contributed by atoms with van der Waals surface area (Å²) in [4.78, 5) is 17.7. The Kier molecular flexibility index (Phi) is 3.77. The van der Waals surface area contributed by atoms with Crippen molar-refractivity contribution in [1.82, 2.24) is 9.97 Å². The number of aryl methyl sites for hydroxylation is 1. The molecule has 0 aliphatic rings. The monoisotopic (exact) mass is 289 g/mol. The highest BCUT2D eigenvalue weighted by molar-refractivity contribution is 6.31. The molecule has 0 saturated heterocycles. The fraction of sp³-hybridized carbons (Fsp3) is 0.0833. The number of hydrogen-bond donors (Lipinski definition) is 1. The minimum atomic E-state index is -0.674. The largest absolute Gasteiger partial charge is 0.348 e. The van der Waals surface area contributed by atoms with Gasteiger partial charge in [-0.25, -0.2) is 9.97 Å². The highest BCUT2D eigenvalue weighted by atomic mass is 35.5. The summed E-state index contributed by atoms with van der Waals surface area (Å²) in [5, 5.41) is 22.6. The molecule has 0 bridgehead atoms. The van der Waals surface area contributed by atoms with Crippen molar-refractivity contribution in [2.45, 2.75) is 6.92 Å². The van der Waals surface area contributed by atoms with Crippen LogP contribution in [0.2, 0.25) is 5.15 Å². The molecule has 0 aliphatic heterocycles. The highest BCUT2D eigenvalue weighted by Crippen LogP contribution is 2.31. The SMILES string of the molecule is Cc1cccc(Nc2ncnc(Cl)c2[N+](=O)[O-])c1C#N. The smallest absolute Gasteiger partial charge is 0.333 e. The number of nitro groups is 1. The molecule has 0 unspecified atom stereocenters. The highest BCUT2D eigenvalue weighted by Gasteiger charge is 2.22. The second-order valence-corrected chi connectivity index (χ2v) is 4.21. The Morgan fingerprint density at radius 2 is 2.20 bits per heavy atom. The molecule has 2 aromatic rings. The van der Waals surface area contributed by atoms with Crippen molar-refractivity contribution >= 4 is 28.8 Å². The van der Waals surface area contributed by atoms with Gasteiger partial charge in [0.05, 0.1) is 16.2 Å². The second kappa shape index (κ2) is 5.50. The fourth-order valence-electron chi connectivity index (χ4n) is 1.66. The normalized spacial score (nSPS) is 9.85. The Labute approximate surface area is 119 Å². The van der Waals surface area contributed by atoms with Crippen LogP contribution in [0.1, 0.15) is 11.1 Å². The molecule has 7 nitrogen and oxygen atoms in total. The van der Waals surface area contributed by atoms with Gasteiger partial charge < -0.3 is 5.32 Å². The molecule has 0 atom stereocenters. The minimum Gasteiger partial charge on any atom is -0.333 e. The molecule has 0 fully saturated rings. The molecule has 1 heterocycles. The first kappa shape index (κ1) is 13.7. The Balaban J connectivity index is 2.52. The lowest BCUT2D eigenvalue weighted by molar-refractivity contribution is -0.384. The van der Waals surface area contributed by atoms with Crippen LogP contribution >= 0.6 is 11.6 Å². The Morgan fingerprint density at radius 1 is 1.45 bits per heavy atom. The molecule has 1 aromatic carbocycles. The van der Waals surface area contributed by atoms with E-state index < -0.39 is 10.6 Å². The third kappa shape index (κ3) is 2.50. The molecular formula is C12H8ClN5O2. The van der Waals surface area contributed by atoms with Gasteiger partial charge in [0, 0.05) is 0 Å². The number of nitriles is 1. The van der Waals surface area contributed by atoms with Crippen LogP contribution in [0.4, 0.5) is 17.2 Å². The van der Waals surface area contributed by atoms with E-state index >= 15 is 0 Å². The first-order chi connectivity index (χ1) is 9.54. The van der Waals surface area contributed by atoms with E-state index in [9.17, 15) is 10.1 Å². The molecule has 100 valence electrons. The summed E-state index contributed by atoms with van der Waals surface area (Å²) in [5.74, 6) is -0.0582. The van der Waals surface area contributed by atoms with Gasteiger partial charge >= 0.3 is 5.69 Å². The predicted octanol–water partition coefficient (Wildman–Crippen LogP) is 2.96. The van der Waals surface area contributed by atoms with E-state index in [0.29, 0.717) is 11.3 Å². The third-order valence-corrected chi connectivity index (χ3v) is 2.87. The average Bonchev–Trinajstić information content (AvgIpc) is 2.38. The molecule has 0 aliphatic carbocycles. The van der Waals surface area contributed by atoms with Crippen molar-refractivity contribution in [3.63, 3.8) is 0 Å². The van der Waals surface area contributed by atoms with Crippen molar-refractivity contribution in [2.75, 3.05) is 5.32 Å². The standard InChI is InChI=1S/C12H8ClN5O2/c1-7-3-2-4-9(8(7)5-14)17-12-10(18(19)20)11(13)15-6-16-12/h2-4,6H,1H3,(H,15,16,17). The van der Waals surface area contributed by atoms with E-state index in [0.717, 1.165) is 11.9 Å². The lowest BCUT2D eigenvalue weighted by atomic mass is 10.1. The van der Waals surface area contributed by atoms with E-state index in [-0.39, 0.29) is 11.0 Å². The van der Waals surface area contributed by atoms with E-state index in [1.807, 2.05) is 6.07 Å². The predicted molar refractivity (Wildman–Crippen MR) is 72.9 cm³/mol. The van der Waals surface area contributed by atoms with Crippen molar-refractivity contribution in [3.05, 3.63) is 50.9 Å². The summed E-state index contributed by atoms with van der Waals surface area (Å²) in [6, 6.07) is 7.17. The summed E-state index contributed by atoms with van der Waals surface area (Å²) in [7, 11) is 0. The van der Waals surface area contributed by atoms with Gasteiger partial charge in [-0.3, -0.25) is 10.1 Å². The lowest BCUT2D eigenvalue weighted by Crippen LogP contribution is -2.03. The summed E-state index contributed by atoms with van der Waals surface area (Å²) in [6.45, 7) is 1.77. The number of benzene rings is 1. The topological polar surface area (TPSA) is 105 Å². The van der Waals surface area contributed by atoms with Gasteiger partial charge in [0.2, 0.25) is 11.0 Å². The molecule has 0 radical (unpaired) electrons. The van der Waals surface area contributed by atoms with Gasteiger partial charge in [-0.05, 0) is 18.6 Å². The number of hydrogen-bond acceptors (Lipinski definition) is 6. The lowest BCUT2D eigenvalue weighted by Gasteiger charge is -2.09. The van der Waals surface area contributed by atoms with Crippen LogP contribution < -0.4 is 5.32 Å². The van der Waals surface area contributed by atoms with E-state index in [1.54, 1.807) is 25.1 Å². The molecule has 1 aromatic heterocycles. The van der Waals surface area contributed by atoms with E-state index in [1.165, 1.54) is 0 Å². The number of rotatable bonds is 3. The van der Waals surface area contributed by atoms with Crippen molar-refractivity contribution in [2.24, 2.45) is 0 Å². The van der Waals surface area contributed by atoms with Gasteiger partial charge in [0.15, 0.2) is 0 Å². The molecular weight excluding hydrogens is 282 g/mol. The maximum absolute atomic E-state index is 11.0. The van der Waals surface area contributed by atoms with Crippen LogP contribution in [0.3, 0.4) is 0 Å². The molecule has 20 heavy (non-hydrogen) atoms. The number of anilines is 2. The first-order valence-corrected chi connectivity index (χ1v) is 5.84. The minimum absolute atomic E-state index is 0.0582. The maximum atomic E-state index is 11.0. The van der Waals surface area contributed by atoms with Crippen LogP contribution in [0.15, 0.2) is 24.5 Å². The third-order valence-electron chi connectivity index (χ3n) is 2.60. The summed E-state index contributed by atoms with van der Waals surface area (Å²) < 4.78 is 0. The molecule has 8 heteroatoms. The molecule has 1 N–H and O–H groups in total. The zero-order valence-corrected chi connectivity index (χ0v) is 11.0. The van der Waals surface area contributed by atoms with Crippen LogP contribution in [0, 0.1) is 28.4 Å². The number of nitrogens with one attached hydrogen (secondary N) is 1. The average molecular weight is 290 g/mol. The fourth-order valence-corrected chi connectivity index (χ4v) is 1.86. The Hall–Kier alpha value is -2.72. The van der Waals surface area contributed by atoms with Crippen LogP contribution in [-0.4, -0.2) is 14.9 Å². The maximum Gasteiger partial charge on any atom is 0.348 e.